The van der Waals surface area contributed by atoms with Crippen molar-refractivity contribution >= 4 is 11.8 Å². The number of hydrogen-bond donors (Lipinski definition) is 0. The summed E-state index contributed by atoms with van der Waals surface area (Å²) in [4.78, 5) is 22.3. The molecule has 0 radical (unpaired) electrons. The first kappa shape index (κ1) is 11.4. The third-order valence-corrected chi connectivity index (χ3v) is 1.95. The number of rotatable bonds is 3. The van der Waals surface area contributed by atoms with Gasteiger partial charge in [-0.1, -0.05) is 12.1 Å². The number of halogens is 1. The maximum Gasteiger partial charge on any atom is 0.337 e. The number of carbonyl (C=O) groups is 2. The molecule has 0 saturated heterocycles. The van der Waals surface area contributed by atoms with Crippen molar-refractivity contribution in [2.75, 3.05) is 7.11 Å². The van der Waals surface area contributed by atoms with Gasteiger partial charge in [-0.3, -0.25) is 4.79 Å². The van der Waals surface area contributed by atoms with Crippen molar-refractivity contribution < 1.29 is 18.7 Å². The van der Waals surface area contributed by atoms with E-state index in [1.807, 2.05) is 0 Å². The Hall–Kier alpha value is -1.71. The SMILES string of the molecule is COC(=O)c1ccc(C(=O)C(C)F)cc1. The fourth-order valence-corrected chi connectivity index (χ4v) is 1.12. The van der Waals surface area contributed by atoms with Gasteiger partial charge in [-0.05, 0) is 19.1 Å². The van der Waals surface area contributed by atoms with Crippen LogP contribution in [0.15, 0.2) is 24.3 Å². The van der Waals surface area contributed by atoms with Crippen molar-refractivity contribution in [3.63, 3.8) is 0 Å². The Morgan fingerprint density at radius 3 is 2.07 bits per heavy atom. The van der Waals surface area contributed by atoms with Crippen LogP contribution in [-0.4, -0.2) is 25.0 Å². The van der Waals surface area contributed by atoms with Crippen LogP contribution in [0.25, 0.3) is 0 Å². The minimum Gasteiger partial charge on any atom is -0.465 e. The predicted octanol–water partition coefficient (Wildman–Crippen LogP) is 2.01. The molecule has 1 unspecified atom stereocenters. The van der Waals surface area contributed by atoms with Crippen molar-refractivity contribution in [2.45, 2.75) is 13.1 Å². The monoisotopic (exact) mass is 210 g/mol. The summed E-state index contributed by atoms with van der Waals surface area (Å²) in [7, 11) is 1.27. The number of methoxy groups -OCH3 is 1. The molecule has 0 heterocycles. The van der Waals surface area contributed by atoms with Crippen LogP contribution >= 0.6 is 0 Å². The van der Waals surface area contributed by atoms with E-state index in [9.17, 15) is 14.0 Å². The standard InChI is InChI=1S/C11H11FO3/c1-7(12)10(13)8-3-5-9(6-4-8)11(14)15-2/h3-7H,1-2H3. The third kappa shape index (κ3) is 2.62. The first-order chi connectivity index (χ1) is 7.06. The van der Waals surface area contributed by atoms with Gasteiger partial charge in [-0.2, -0.15) is 0 Å². The number of benzene rings is 1. The minimum atomic E-state index is -1.53. The second-order valence-corrected chi connectivity index (χ2v) is 3.05. The maximum absolute atomic E-state index is 12.7. The predicted molar refractivity (Wildman–Crippen MR) is 52.7 cm³/mol. The normalized spacial score (nSPS) is 11.9. The quantitative estimate of drug-likeness (QED) is 0.566. The van der Waals surface area contributed by atoms with E-state index in [2.05, 4.69) is 4.74 Å². The average Bonchev–Trinajstić information content (AvgIpc) is 2.27. The molecule has 15 heavy (non-hydrogen) atoms. The topological polar surface area (TPSA) is 43.4 Å². The average molecular weight is 210 g/mol. The van der Waals surface area contributed by atoms with E-state index in [0.717, 1.165) is 0 Å². The van der Waals surface area contributed by atoms with Crippen LogP contribution in [0.1, 0.15) is 27.6 Å². The van der Waals surface area contributed by atoms with Crippen LogP contribution < -0.4 is 0 Å². The number of ketones is 1. The number of Topliss-reactive ketones (excluding diaryl/α,β-unsaturated/α-hetero) is 1. The molecule has 3 nitrogen and oxygen atoms in total. The fraction of sp³-hybridized carbons (Fsp3) is 0.273. The van der Waals surface area contributed by atoms with Gasteiger partial charge in [0.25, 0.3) is 0 Å². The second-order valence-electron chi connectivity index (χ2n) is 3.05. The van der Waals surface area contributed by atoms with E-state index in [1.165, 1.54) is 38.3 Å². The Bertz CT molecular complexity index is 368. The number of carbonyl (C=O) groups excluding carboxylic acids is 2. The molecule has 0 saturated carbocycles. The van der Waals surface area contributed by atoms with Crippen LogP contribution in [0.2, 0.25) is 0 Å². The molecule has 1 atom stereocenters. The third-order valence-electron chi connectivity index (χ3n) is 1.95. The molecule has 0 aliphatic rings. The summed E-state index contributed by atoms with van der Waals surface area (Å²) < 4.78 is 17.2. The molecular formula is C11H11FO3. The highest BCUT2D eigenvalue weighted by Crippen LogP contribution is 2.09. The van der Waals surface area contributed by atoms with Gasteiger partial charge >= 0.3 is 5.97 Å². The van der Waals surface area contributed by atoms with E-state index < -0.39 is 17.9 Å². The lowest BCUT2D eigenvalue weighted by atomic mass is 10.1. The molecule has 0 aromatic heterocycles. The van der Waals surface area contributed by atoms with Crippen molar-refractivity contribution in [3.8, 4) is 0 Å². The second kappa shape index (κ2) is 4.68. The smallest absolute Gasteiger partial charge is 0.337 e. The van der Waals surface area contributed by atoms with Crippen LogP contribution in [-0.2, 0) is 4.74 Å². The highest BCUT2D eigenvalue weighted by atomic mass is 19.1. The molecule has 1 aromatic carbocycles. The fourth-order valence-electron chi connectivity index (χ4n) is 1.12. The molecule has 0 spiro atoms. The number of hydrogen-bond acceptors (Lipinski definition) is 3. The summed E-state index contributed by atoms with van der Waals surface area (Å²) in [5.74, 6) is -1.08. The molecule has 80 valence electrons. The van der Waals surface area contributed by atoms with Gasteiger partial charge in [0.2, 0.25) is 0 Å². The van der Waals surface area contributed by atoms with Crippen molar-refractivity contribution in [1.82, 2.24) is 0 Å². The summed E-state index contributed by atoms with van der Waals surface area (Å²) in [6.07, 6.45) is -1.53. The van der Waals surface area contributed by atoms with Gasteiger partial charge in [0.1, 0.15) is 0 Å². The van der Waals surface area contributed by atoms with Crippen molar-refractivity contribution in [1.29, 1.82) is 0 Å². The van der Waals surface area contributed by atoms with Gasteiger partial charge in [0, 0.05) is 5.56 Å². The molecule has 4 heteroatoms. The lowest BCUT2D eigenvalue weighted by Crippen LogP contribution is -2.11. The first-order valence-electron chi connectivity index (χ1n) is 4.43. The van der Waals surface area contributed by atoms with Gasteiger partial charge < -0.3 is 4.74 Å². The molecule has 0 N–H and O–H groups in total. The summed E-state index contributed by atoms with van der Waals surface area (Å²) in [6.45, 7) is 1.18. The summed E-state index contributed by atoms with van der Waals surface area (Å²) in [5.41, 5.74) is 0.582. The van der Waals surface area contributed by atoms with E-state index in [-0.39, 0.29) is 5.56 Å². The molecule has 0 aliphatic heterocycles. The van der Waals surface area contributed by atoms with Gasteiger partial charge in [-0.25, -0.2) is 9.18 Å². The minimum absolute atomic E-state index is 0.248. The maximum atomic E-state index is 12.7. The van der Waals surface area contributed by atoms with Crippen LogP contribution in [0.3, 0.4) is 0 Å². The number of alkyl halides is 1. The summed E-state index contributed by atoms with van der Waals surface area (Å²) in [5, 5.41) is 0. The molecular weight excluding hydrogens is 199 g/mol. The number of ether oxygens (including phenoxy) is 1. The van der Waals surface area contributed by atoms with Crippen LogP contribution in [0.5, 0.6) is 0 Å². The number of esters is 1. The lowest BCUT2D eigenvalue weighted by Gasteiger charge is -2.02. The molecule has 0 bridgehead atoms. The molecule has 1 rings (SSSR count). The van der Waals surface area contributed by atoms with Crippen molar-refractivity contribution in [3.05, 3.63) is 35.4 Å². The highest BCUT2D eigenvalue weighted by Gasteiger charge is 2.14. The Kier molecular flexibility index (Phi) is 3.55. The summed E-state index contributed by atoms with van der Waals surface area (Å²) >= 11 is 0. The van der Waals surface area contributed by atoms with E-state index in [1.54, 1.807) is 0 Å². The largest absolute Gasteiger partial charge is 0.465 e. The highest BCUT2D eigenvalue weighted by molar-refractivity contribution is 6.00. The van der Waals surface area contributed by atoms with E-state index >= 15 is 0 Å². The first-order valence-corrected chi connectivity index (χ1v) is 4.43. The Balaban J connectivity index is 2.90. The zero-order chi connectivity index (χ0) is 11.4. The van der Waals surface area contributed by atoms with E-state index in [0.29, 0.717) is 5.56 Å². The molecule has 0 fully saturated rings. The molecule has 0 amide bonds. The zero-order valence-corrected chi connectivity index (χ0v) is 8.49. The van der Waals surface area contributed by atoms with E-state index in [4.69, 9.17) is 0 Å². The molecule has 0 aliphatic carbocycles. The summed E-state index contributed by atoms with van der Waals surface area (Å²) in [6, 6.07) is 5.68. The zero-order valence-electron chi connectivity index (χ0n) is 8.49. The van der Waals surface area contributed by atoms with Gasteiger partial charge in [0.05, 0.1) is 12.7 Å². The Morgan fingerprint density at radius 2 is 1.67 bits per heavy atom. The van der Waals surface area contributed by atoms with Gasteiger partial charge in [-0.15, -0.1) is 0 Å². The van der Waals surface area contributed by atoms with Crippen LogP contribution in [0.4, 0.5) is 4.39 Å². The Labute approximate surface area is 86.9 Å². The van der Waals surface area contributed by atoms with Crippen LogP contribution in [0, 0.1) is 0 Å². The van der Waals surface area contributed by atoms with Crippen molar-refractivity contribution in [2.24, 2.45) is 0 Å². The lowest BCUT2D eigenvalue weighted by molar-refractivity contribution is 0.0600. The molecule has 1 aromatic rings. The van der Waals surface area contributed by atoms with Gasteiger partial charge in [0.15, 0.2) is 12.0 Å². The Morgan fingerprint density at radius 1 is 1.20 bits per heavy atom.